The highest BCUT2D eigenvalue weighted by atomic mass is 16.5. The minimum Gasteiger partial charge on any atom is -0.383 e. The quantitative estimate of drug-likeness (QED) is 0.628. The predicted molar refractivity (Wildman–Crippen MR) is 62.7 cm³/mol. The van der Waals surface area contributed by atoms with Crippen LogP contribution in [0.2, 0.25) is 0 Å². The number of ether oxygens (including phenoxy) is 1. The third-order valence-corrected chi connectivity index (χ3v) is 2.33. The second kappa shape index (κ2) is 7.24. The van der Waals surface area contributed by atoms with Crippen LogP contribution in [0.25, 0.3) is 0 Å². The van der Waals surface area contributed by atoms with Gasteiger partial charge in [0.2, 0.25) is 0 Å². The third-order valence-electron chi connectivity index (χ3n) is 2.33. The average Bonchev–Trinajstić information content (AvgIpc) is 2.08. The Morgan fingerprint density at radius 2 is 1.71 bits per heavy atom. The van der Waals surface area contributed by atoms with Crippen LogP contribution in [-0.2, 0) is 4.74 Å². The van der Waals surface area contributed by atoms with Crippen molar-refractivity contribution in [1.82, 2.24) is 4.90 Å². The molecule has 0 aromatic rings. The molecule has 0 aliphatic rings. The molecule has 0 heterocycles. The Morgan fingerprint density at radius 3 is 2.14 bits per heavy atom. The van der Waals surface area contributed by atoms with Crippen LogP contribution in [0.5, 0.6) is 0 Å². The first-order valence-corrected chi connectivity index (χ1v) is 5.71. The van der Waals surface area contributed by atoms with Gasteiger partial charge in [-0.2, -0.15) is 0 Å². The molecule has 0 spiro atoms. The summed E-state index contributed by atoms with van der Waals surface area (Å²) in [5.41, 5.74) is 0.444. The lowest BCUT2D eigenvalue weighted by Crippen LogP contribution is -2.31. The van der Waals surface area contributed by atoms with E-state index in [0.717, 1.165) is 13.2 Å². The second-order valence-electron chi connectivity index (χ2n) is 5.15. The number of hydrogen-bond acceptors (Lipinski definition) is 2. The Hall–Kier alpha value is -0.0800. The summed E-state index contributed by atoms with van der Waals surface area (Å²) in [6, 6.07) is 0. The van der Waals surface area contributed by atoms with Crippen LogP contribution in [0.15, 0.2) is 0 Å². The standard InChI is InChI=1S/C12H27NO/c1-6-8-13(10-11-14-5)9-7-12(2,3)4/h6-11H2,1-5H3. The van der Waals surface area contributed by atoms with Crippen molar-refractivity contribution in [1.29, 1.82) is 0 Å². The number of methoxy groups -OCH3 is 1. The molecule has 0 atom stereocenters. The molecule has 0 saturated carbocycles. The van der Waals surface area contributed by atoms with Crippen LogP contribution in [-0.4, -0.2) is 38.3 Å². The normalized spacial score (nSPS) is 12.4. The monoisotopic (exact) mass is 201 g/mol. The van der Waals surface area contributed by atoms with Crippen molar-refractivity contribution in [3.05, 3.63) is 0 Å². The minimum absolute atomic E-state index is 0.444. The Balaban J connectivity index is 3.72. The maximum Gasteiger partial charge on any atom is 0.0589 e. The van der Waals surface area contributed by atoms with Gasteiger partial charge in [-0.25, -0.2) is 0 Å². The van der Waals surface area contributed by atoms with Gasteiger partial charge in [0.1, 0.15) is 0 Å². The van der Waals surface area contributed by atoms with Crippen molar-refractivity contribution >= 4 is 0 Å². The van der Waals surface area contributed by atoms with Crippen molar-refractivity contribution in [2.45, 2.75) is 40.5 Å². The van der Waals surface area contributed by atoms with Gasteiger partial charge in [0, 0.05) is 13.7 Å². The van der Waals surface area contributed by atoms with Crippen molar-refractivity contribution in [3.63, 3.8) is 0 Å². The molecule has 0 fully saturated rings. The third kappa shape index (κ3) is 8.52. The van der Waals surface area contributed by atoms with E-state index in [1.807, 2.05) is 0 Å². The molecule has 2 heteroatoms. The molecule has 0 unspecified atom stereocenters. The highest BCUT2D eigenvalue weighted by Gasteiger charge is 2.12. The van der Waals surface area contributed by atoms with Gasteiger partial charge in [0.25, 0.3) is 0 Å². The van der Waals surface area contributed by atoms with Gasteiger partial charge in [0.05, 0.1) is 6.61 Å². The van der Waals surface area contributed by atoms with E-state index in [2.05, 4.69) is 32.6 Å². The largest absolute Gasteiger partial charge is 0.383 e. The lowest BCUT2D eigenvalue weighted by atomic mass is 9.92. The Bertz CT molecular complexity index is 129. The molecule has 0 N–H and O–H groups in total. The van der Waals surface area contributed by atoms with E-state index in [9.17, 15) is 0 Å². The van der Waals surface area contributed by atoms with Gasteiger partial charge in [0.15, 0.2) is 0 Å². The first kappa shape index (κ1) is 13.9. The molecular formula is C12H27NO. The van der Waals surface area contributed by atoms with E-state index in [-0.39, 0.29) is 0 Å². The van der Waals surface area contributed by atoms with Gasteiger partial charge in [-0.05, 0) is 31.3 Å². The van der Waals surface area contributed by atoms with Crippen molar-refractivity contribution in [3.8, 4) is 0 Å². The van der Waals surface area contributed by atoms with Crippen molar-refractivity contribution in [2.75, 3.05) is 33.4 Å². The minimum atomic E-state index is 0.444. The molecule has 86 valence electrons. The molecular weight excluding hydrogens is 174 g/mol. The summed E-state index contributed by atoms with van der Waals surface area (Å²) < 4.78 is 5.11. The molecule has 0 aromatic heterocycles. The Morgan fingerprint density at radius 1 is 1.07 bits per heavy atom. The molecule has 2 nitrogen and oxygen atoms in total. The number of rotatable bonds is 7. The maximum absolute atomic E-state index is 5.11. The molecule has 0 amide bonds. The van der Waals surface area contributed by atoms with Crippen LogP contribution in [0.1, 0.15) is 40.5 Å². The SMILES string of the molecule is CCCN(CCOC)CCC(C)(C)C. The first-order chi connectivity index (χ1) is 6.49. The van der Waals surface area contributed by atoms with E-state index in [0.29, 0.717) is 5.41 Å². The number of nitrogens with zero attached hydrogens (tertiary/aromatic N) is 1. The molecule has 0 aliphatic heterocycles. The fourth-order valence-corrected chi connectivity index (χ4v) is 1.37. The zero-order chi connectivity index (χ0) is 11.0. The van der Waals surface area contributed by atoms with Crippen LogP contribution in [0, 0.1) is 5.41 Å². The maximum atomic E-state index is 5.11. The molecule has 0 aromatic carbocycles. The van der Waals surface area contributed by atoms with Gasteiger partial charge < -0.3 is 9.64 Å². The van der Waals surface area contributed by atoms with Crippen LogP contribution in [0.4, 0.5) is 0 Å². The number of hydrogen-bond donors (Lipinski definition) is 0. The van der Waals surface area contributed by atoms with E-state index >= 15 is 0 Å². The molecule has 0 radical (unpaired) electrons. The van der Waals surface area contributed by atoms with E-state index in [1.54, 1.807) is 7.11 Å². The lowest BCUT2D eigenvalue weighted by Gasteiger charge is -2.26. The topological polar surface area (TPSA) is 12.5 Å². The van der Waals surface area contributed by atoms with Crippen LogP contribution >= 0.6 is 0 Å². The summed E-state index contributed by atoms with van der Waals surface area (Å²) in [5, 5.41) is 0. The van der Waals surface area contributed by atoms with E-state index in [1.165, 1.54) is 25.9 Å². The smallest absolute Gasteiger partial charge is 0.0589 e. The second-order valence-corrected chi connectivity index (χ2v) is 5.15. The zero-order valence-electron chi connectivity index (χ0n) is 10.6. The summed E-state index contributed by atoms with van der Waals surface area (Å²) in [6.07, 6.45) is 2.49. The highest BCUT2D eigenvalue weighted by molar-refractivity contribution is 4.65. The molecule has 0 saturated heterocycles. The van der Waals surface area contributed by atoms with E-state index in [4.69, 9.17) is 4.74 Å². The Kier molecular flexibility index (Phi) is 7.20. The van der Waals surface area contributed by atoms with Crippen LogP contribution in [0.3, 0.4) is 0 Å². The Labute approximate surface area is 89.6 Å². The zero-order valence-corrected chi connectivity index (χ0v) is 10.6. The molecule has 0 bridgehead atoms. The predicted octanol–water partition coefficient (Wildman–Crippen LogP) is 2.78. The molecule has 0 rings (SSSR count). The van der Waals surface area contributed by atoms with Gasteiger partial charge in [-0.15, -0.1) is 0 Å². The summed E-state index contributed by atoms with van der Waals surface area (Å²) in [5.74, 6) is 0. The van der Waals surface area contributed by atoms with Crippen LogP contribution < -0.4 is 0 Å². The summed E-state index contributed by atoms with van der Waals surface area (Å²) >= 11 is 0. The molecule has 0 aliphatic carbocycles. The lowest BCUT2D eigenvalue weighted by molar-refractivity contribution is 0.138. The van der Waals surface area contributed by atoms with Crippen molar-refractivity contribution < 1.29 is 4.74 Å². The van der Waals surface area contributed by atoms with Gasteiger partial charge >= 0.3 is 0 Å². The summed E-state index contributed by atoms with van der Waals surface area (Å²) in [4.78, 5) is 2.49. The highest BCUT2D eigenvalue weighted by Crippen LogP contribution is 2.18. The van der Waals surface area contributed by atoms with Crippen molar-refractivity contribution in [2.24, 2.45) is 5.41 Å². The fourth-order valence-electron chi connectivity index (χ4n) is 1.37. The van der Waals surface area contributed by atoms with Gasteiger partial charge in [-0.1, -0.05) is 27.7 Å². The average molecular weight is 201 g/mol. The first-order valence-electron chi connectivity index (χ1n) is 5.71. The summed E-state index contributed by atoms with van der Waals surface area (Å²) in [6.45, 7) is 13.4. The van der Waals surface area contributed by atoms with Gasteiger partial charge in [-0.3, -0.25) is 0 Å². The molecule has 14 heavy (non-hydrogen) atoms. The fraction of sp³-hybridized carbons (Fsp3) is 1.00. The summed E-state index contributed by atoms with van der Waals surface area (Å²) in [7, 11) is 1.77. The van der Waals surface area contributed by atoms with E-state index < -0.39 is 0 Å².